The summed E-state index contributed by atoms with van der Waals surface area (Å²) in [4.78, 5) is 11.9. The van der Waals surface area contributed by atoms with Crippen molar-refractivity contribution in [3.63, 3.8) is 0 Å². The van der Waals surface area contributed by atoms with Crippen molar-refractivity contribution in [1.82, 2.24) is 0 Å². The molecular formula is C14H13ClN2O5S. The number of nitrogens with one attached hydrogen (secondary N) is 1. The number of rotatable bonds is 4. The molecule has 2 aromatic rings. The number of halogens is 1. The predicted octanol–water partition coefficient (Wildman–Crippen LogP) is 2.43. The molecule has 4 N–H and O–H groups in total. The van der Waals surface area contributed by atoms with Crippen LogP contribution >= 0.6 is 11.6 Å². The number of hydrogen-bond donors (Lipinski definition) is 3. The fourth-order valence-electron chi connectivity index (χ4n) is 1.81. The first-order chi connectivity index (χ1) is 10.7. The highest BCUT2D eigenvalue weighted by atomic mass is 35.5. The minimum Gasteiger partial charge on any atom is -0.495 e. The largest absolute Gasteiger partial charge is 0.495 e. The van der Waals surface area contributed by atoms with Crippen molar-refractivity contribution in [2.45, 2.75) is 4.90 Å². The van der Waals surface area contributed by atoms with Gasteiger partial charge in [-0.2, -0.15) is 8.42 Å². The average Bonchev–Trinajstić information content (AvgIpc) is 2.49. The SMILES string of the molecule is COc1cc(S(=O)(=O)O)ccc1NC(=O)c1ccc(Cl)c(N)c1. The van der Waals surface area contributed by atoms with Crippen LogP contribution in [0.25, 0.3) is 0 Å². The molecule has 0 aliphatic carbocycles. The molecule has 0 aromatic heterocycles. The highest BCUT2D eigenvalue weighted by Gasteiger charge is 2.15. The van der Waals surface area contributed by atoms with E-state index in [0.29, 0.717) is 5.02 Å². The molecule has 0 atom stereocenters. The van der Waals surface area contributed by atoms with E-state index in [9.17, 15) is 13.2 Å². The molecule has 7 nitrogen and oxygen atoms in total. The van der Waals surface area contributed by atoms with Crippen LogP contribution in [-0.4, -0.2) is 26.0 Å². The van der Waals surface area contributed by atoms with Crippen molar-refractivity contribution in [3.05, 3.63) is 47.0 Å². The zero-order valence-electron chi connectivity index (χ0n) is 11.9. The van der Waals surface area contributed by atoms with Crippen molar-refractivity contribution in [2.24, 2.45) is 0 Å². The van der Waals surface area contributed by atoms with Crippen molar-refractivity contribution in [1.29, 1.82) is 0 Å². The molecule has 0 spiro atoms. The number of nitrogen functional groups attached to an aromatic ring is 1. The highest BCUT2D eigenvalue weighted by Crippen LogP contribution is 2.28. The Labute approximate surface area is 137 Å². The van der Waals surface area contributed by atoms with Crippen LogP contribution < -0.4 is 15.8 Å². The van der Waals surface area contributed by atoms with Gasteiger partial charge in [0.1, 0.15) is 5.75 Å². The van der Waals surface area contributed by atoms with Gasteiger partial charge in [-0.1, -0.05) is 11.6 Å². The van der Waals surface area contributed by atoms with Gasteiger partial charge in [0.2, 0.25) is 0 Å². The zero-order chi connectivity index (χ0) is 17.2. The summed E-state index contributed by atoms with van der Waals surface area (Å²) in [5.41, 5.74) is 6.41. The Morgan fingerprint density at radius 1 is 1.26 bits per heavy atom. The van der Waals surface area contributed by atoms with Gasteiger partial charge in [-0.15, -0.1) is 0 Å². The first-order valence-electron chi connectivity index (χ1n) is 6.24. The quantitative estimate of drug-likeness (QED) is 0.571. The minimum atomic E-state index is -4.37. The fraction of sp³-hybridized carbons (Fsp3) is 0.0714. The number of benzene rings is 2. The maximum Gasteiger partial charge on any atom is 0.294 e. The molecule has 2 rings (SSSR count). The van der Waals surface area contributed by atoms with Gasteiger partial charge >= 0.3 is 0 Å². The Morgan fingerprint density at radius 2 is 1.96 bits per heavy atom. The van der Waals surface area contributed by atoms with Crippen LogP contribution in [0.4, 0.5) is 11.4 Å². The van der Waals surface area contributed by atoms with Crippen LogP contribution in [0.15, 0.2) is 41.3 Å². The molecule has 0 aliphatic heterocycles. The standard InChI is InChI=1S/C14H13ClN2O5S/c1-22-13-7-9(23(19,20)21)3-5-12(13)17-14(18)8-2-4-10(15)11(16)6-8/h2-7H,16H2,1H3,(H,17,18)(H,19,20,21). The van der Waals surface area contributed by atoms with Gasteiger partial charge in [-0.25, -0.2) is 0 Å². The number of carbonyl (C=O) groups excluding carboxylic acids is 1. The molecule has 0 aliphatic rings. The van der Waals surface area contributed by atoms with Crippen molar-refractivity contribution < 1.29 is 22.5 Å². The summed E-state index contributed by atoms with van der Waals surface area (Å²) in [6, 6.07) is 7.94. The Hall–Kier alpha value is -2.29. The van der Waals surface area contributed by atoms with E-state index in [4.69, 9.17) is 26.6 Å². The maximum absolute atomic E-state index is 12.2. The topological polar surface area (TPSA) is 119 Å². The number of amides is 1. The number of hydrogen-bond acceptors (Lipinski definition) is 5. The predicted molar refractivity (Wildman–Crippen MR) is 86.6 cm³/mol. The van der Waals surface area contributed by atoms with E-state index < -0.39 is 16.0 Å². The highest BCUT2D eigenvalue weighted by molar-refractivity contribution is 7.85. The first kappa shape index (κ1) is 17.1. The van der Waals surface area contributed by atoms with Gasteiger partial charge in [0.25, 0.3) is 16.0 Å². The van der Waals surface area contributed by atoms with Crippen LogP contribution in [0.2, 0.25) is 5.02 Å². The summed E-state index contributed by atoms with van der Waals surface area (Å²) in [5.74, 6) is -0.401. The monoisotopic (exact) mass is 356 g/mol. The lowest BCUT2D eigenvalue weighted by Gasteiger charge is -2.11. The first-order valence-corrected chi connectivity index (χ1v) is 8.06. The summed E-state index contributed by atoms with van der Waals surface area (Å²) in [5, 5.41) is 2.89. The normalized spacial score (nSPS) is 11.1. The molecule has 23 heavy (non-hydrogen) atoms. The van der Waals surface area contributed by atoms with E-state index in [-0.39, 0.29) is 27.6 Å². The summed E-state index contributed by atoms with van der Waals surface area (Å²) in [7, 11) is -3.06. The summed E-state index contributed by atoms with van der Waals surface area (Å²) in [6.45, 7) is 0. The molecule has 0 bridgehead atoms. The van der Waals surface area contributed by atoms with E-state index in [1.807, 2.05) is 0 Å². The van der Waals surface area contributed by atoms with Gasteiger partial charge < -0.3 is 15.8 Å². The summed E-state index contributed by atoms with van der Waals surface area (Å²) >= 11 is 5.80. The summed E-state index contributed by atoms with van der Waals surface area (Å²) in [6.07, 6.45) is 0. The molecule has 0 saturated heterocycles. The molecule has 0 fully saturated rings. The molecule has 0 saturated carbocycles. The molecule has 1 amide bonds. The van der Waals surface area contributed by atoms with Gasteiger partial charge in [0.05, 0.1) is 28.4 Å². The van der Waals surface area contributed by atoms with Crippen LogP contribution in [0, 0.1) is 0 Å². The second-order valence-electron chi connectivity index (χ2n) is 4.53. The average molecular weight is 357 g/mol. The Morgan fingerprint density at radius 3 is 2.52 bits per heavy atom. The smallest absolute Gasteiger partial charge is 0.294 e. The maximum atomic E-state index is 12.2. The van der Waals surface area contributed by atoms with E-state index >= 15 is 0 Å². The lowest BCUT2D eigenvalue weighted by atomic mass is 10.2. The zero-order valence-corrected chi connectivity index (χ0v) is 13.5. The summed E-state index contributed by atoms with van der Waals surface area (Å²) < 4.78 is 36.3. The van der Waals surface area contributed by atoms with Crippen molar-refractivity contribution in [3.8, 4) is 5.75 Å². The minimum absolute atomic E-state index is 0.0791. The molecule has 122 valence electrons. The van der Waals surface area contributed by atoms with E-state index in [2.05, 4.69) is 5.32 Å². The lowest BCUT2D eigenvalue weighted by Crippen LogP contribution is -2.13. The van der Waals surface area contributed by atoms with Gasteiger partial charge in [-0.3, -0.25) is 9.35 Å². The molecule has 2 aromatic carbocycles. The Kier molecular flexibility index (Phi) is 4.79. The second kappa shape index (κ2) is 6.45. The lowest BCUT2D eigenvalue weighted by molar-refractivity contribution is 0.102. The van der Waals surface area contributed by atoms with Crippen LogP contribution in [-0.2, 0) is 10.1 Å². The van der Waals surface area contributed by atoms with Gasteiger partial charge in [0.15, 0.2) is 0 Å². The molecule has 9 heteroatoms. The molecule has 0 unspecified atom stereocenters. The van der Waals surface area contributed by atoms with Gasteiger partial charge in [-0.05, 0) is 30.3 Å². The third-order valence-electron chi connectivity index (χ3n) is 2.98. The van der Waals surface area contributed by atoms with Crippen LogP contribution in [0.5, 0.6) is 5.75 Å². The second-order valence-corrected chi connectivity index (χ2v) is 6.36. The number of carbonyl (C=O) groups is 1. The van der Waals surface area contributed by atoms with Crippen LogP contribution in [0.3, 0.4) is 0 Å². The number of nitrogens with two attached hydrogens (primary N) is 1. The molecular weight excluding hydrogens is 344 g/mol. The van der Waals surface area contributed by atoms with E-state index in [1.54, 1.807) is 0 Å². The van der Waals surface area contributed by atoms with Crippen molar-refractivity contribution in [2.75, 3.05) is 18.2 Å². The third kappa shape index (κ3) is 3.92. The van der Waals surface area contributed by atoms with E-state index in [1.165, 1.54) is 31.4 Å². The van der Waals surface area contributed by atoms with E-state index in [0.717, 1.165) is 12.1 Å². The van der Waals surface area contributed by atoms with Gasteiger partial charge in [0, 0.05) is 11.6 Å². The number of ether oxygens (including phenoxy) is 1. The Bertz CT molecular complexity index is 867. The molecule has 0 radical (unpaired) electrons. The molecule has 0 heterocycles. The van der Waals surface area contributed by atoms with Crippen LogP contribution in [0.1, 0.15) is 10.4 Å². The number of anilines is 2. The fourth-order valence-corrected chi connectivity index (χ4v) is 2.43. The third-order valence-corrected chi connectivity index (χ3v) is 4.17. The number of methoxy groups -OCH3 is 1. The van der Waals surface area contributed by atoms with Crippen molar-refractivity contribution >= 4 is 39.0 Å². The Balaban J connectivity index is 2.32.